The molecule has 21 heavy (non-hydrogen) atoms. The van der Waals surface area contributed by atoms with Crippen molar-refractivity contribution in [3.63, 3.8) is 0 Å². The lowest BCUT2D eigenvalue weighted by Crippen LogP contribution is -2.19. The number of hydrogen-bond acceptors (Lipinski definition) is 3. The van der Waals surface area contributed by atoms with E-state index in [1.807, 2.05) is 27.7 Å². The lowest BCUT2D eigenvalue weighted by atomic mass is 9.88. The third kappa shape index (κ3) is 12.6. The summed E-state index contributed by atoms with van der Waals surface area (Å²) < 4.78 is 0. The molecule has 124 valence electrons. The van der Waals surface area contributed by atoms with E-state index in [0.717, 1.165) is 37.8 Å². The topological polar surface area (TPSA) is 38.7 Å². The molecule has 0 aromatic rings. The molecule has 0 radical (unpaired) electrons. The molecule has 0 aromatic carbocycles. The van der Waals surface area contributed by atoms with Gasteiger partial charge >= 0.3 is 0 Å². The molecule has 0 aliphatic carbocycles. The molecule has 0 saturated heterocycles. The predicted molar refractivity (Wildman–Crippen MR) is 90.7 cm³/mol. The van der Waals surface area contributed by atoms with Crippen LogP contribution in [0.25, 0.3) is 0 Å². The summed E-state index contributed by atoms with van der Waals surface area (Å²) in [5.41, 5.74) is 1.20. The summed E-state index contributed by atoms with van der Waals surface area (Å²) in [5.74, 6) is 0.347. The SMILES string of the molecule is C/C(CCC(C)(C)C)=N\OCCCCCC(=O)C(C)(C)C. The van der Waals surface area contributed by atoms with Crippen molar-refractivity contribution in [1.82, 2.24) is 0 Å². The third-order valence-corrected chi connectivity index (χ3v) is 3.43. The molecule has 0 amide bonds. The Morgan fingerprint density at radius 2 is 1.57 bits per heavy atom. The molecule has 3 nitrogen and oxygen atoms in total. The molecule has 0 saturated carbocycles. The van der Waals surface area contributed by atoms with Crippen LogP contribution >= 0.6 is 0 Å². The second kappa shape index (κ2) is 9.22. The van der Waals surface area contributed by atoms with Crippen LogP contribution in [-0.2, 0) is 9.63 Å². The zero-order chi connectivity index (χ0) is 16.5. The van der Waals surface area contributed by atoms with Crippen molar-refractivity contribution in [3.8, 4) is 0 Å². The number of carbonyl (C=O) groups is 1. The fourth-order valence-corrected chi connectivity index (χ4v) is 1.76. The first-order chi connectivity index (χ1) is 9.52. The van der Waals surface area contributed by atoms with E-state index in [9.17, 15) is 4.79 Å². The third-order valence-electron chi connectivity index (χ3n) is 3.43. The highest BCUT2D eigenvalue weighted by Crippen LogP contribution is 2.21. The van der Waals surface area contributed by atoms with Gasteiger partial charge in [0.25, 0.3) is 0 Å². The summed E-state index contributed by atoms with van der Waals surface area (Å²) in [5, 5.41) is 4.15. The van der Waals surface area contributed by atoms with E-state index in [1.165, 1.54) is 0 Å². The highest BCUT2D eigenvalue weighted by atomic mass is 16.6. The minimum absolute atomic E-state index is 0.203. The van der Waals surface area contributed by atoms with Crippen molar-refractivity contribution in [2.75, 3.05) is 6.61 Å². The molecule has 3 heteroatoms. The summed E-state index contributed by atoms with van der Waals surface area (Å²) in [6.45, 7) is 15.3. The van der Waals surface area contributed by atoms with E-state index in [2.05, 4.69) is 25.9 Å². The van der Waals surface area contributed by atoms with Gasteiger partial charge in [0.15, 0.2) is 0 Å². The second-order valence-electron chi connectivity index (χ2n) is 8.20. The molecule has 0 bridgehead atoms. The first-order valence-corrected chi connectivity index (χ1v) is 8.21. The van der Waals surface area contributed by atoms with E-state index in [0.29, 0.717) is 24.2 Å². The standard InChI is InChI=1S/C18H35NO2/c1-15(12-13-17(2,3)4)19-21-14-10-8-9-11-16(20)18(5,6)7/h8-14H2,1-7H3/b19-15+. The van der Waals surface area contributed by atoms with Gasteiger partial charge in [0.1, 0.15) is 12.4 Å². The predicted octanol–water partition coefficient (Wildman–Crippen LogP) is 5.38. The molecule has 0 rings (SSSR count). The highest BCUT2D eigenvalue weighted by molar-refractivity contribution is 5.83. The Balaban J connectivity index is 3.62. The molecule has 0 aliphatic rings. The largest absolute Gasteiger partial charge is 0.396 e. The summed E-state index contributed by atoms with van der Waals surface area (Å²) in [6.07, 6.45) is 5.74. The summed E-state index contributed by atoms with van der Waals surface area (Å²) in [6, 6.07) is 0. The lowest BCUT2D eigenvalue weighted by Gasteiger charge is -2.17. The molecule has 0 aromatic heterocycles. The van der Waals surface area contributed by atoms with Crippen molar-refractivity contribution in [3.05, 3.63) is 0 Å². The van der Waals surface area contributed by atoms with Gasteiger partial charge in [-0.05, 0) is 44.4 Å². The van der Waals surface area contributed by atoms with Crippen LogP contribution in [0.5, 0.6) is 0 Å². The van der Waals surface area contributed by atoms with Crippen LogP contribution in [-0.4, -0.2) is 18.1 Å². The molecule has 0 aliphatic heterocycles. The highest BCUT2D eigenvalue weighted by Gasteiger charge is 2.19. The zero-order valence-electron chi connectivity index (χ0n) is 15.2. The average Bonchev–Trinajstić information content (AvgIpc) is 2.32. The zero-order valence-corrected chi connectivity index (χ0v) is 15.2. The van der Waals surface area contributed by atoms with Crippen molar-refractivity contribution in [1.29, 1.82) is 0 Å². The monoisotopic (exact) mass is 297 g/mol. The fraction of sp³-hybridized carbons (Fsp3) is 0.889. The number of ketones is 1. The van der Waals surface area contributed by atoms with Crippen molar-refractivity contribution < 1.29 is 9.63 Å². The first-order valence-electron chi connectivity index (χ1n) is 8.21. The lowest BCUT2D eigenvalue weighted by molar-refractivity contribution is -0.126. The van der Waals surface area contributed by atoms with Gasteiger partial charge < -0.3 is 4.84 Å². The smallest absolute Gasteiger partial charge is 0.138 e. The van der Waals surface area contributed by atoms with Crippen LogP contribution in [0.2, 0.25) is 0 Å². The number of rotatable bonds is 9. The molecular weight excluding hydrogens is 262 g/mol. The molecule has 0 spiro atoms. The van der Waals surface area contributed by atoms with E-state index >= 15 is 0 Å². The average molecular weight is 297 g/mol. The number of unbranched alkanes of at least 4 members (excludes halogenated alkanes) is 2. The number of Topliss-reactive ketones (excluding diaryl/α,β-unsaturated/α-hetero) is 1. The normalized spacial score (nSPS) is 13.4. The van der Waals surface area contributed by atoms with Crippen LogP contribution in [0.1, 0.15) is 87.0 Å². The minimum Gasteiger partial charge on any atom is -0.396 e. The van der Waals surface area contributed by atoms with Crippen LogP contribution in [0.15, 0.2) is 5.16 Å². The Hall–Kier alpha value is -0.860. The van der Waals surface area contributed by atoms with Crippen LogP contribution in [0.3, 0.4) is 0 Å². The molecule has 0 atom stereocenters. The summed E-state index contributed by atoms with van der Waals surface area (Å²) in [7, 11) is 0. The van der Waals surface area contributed by atoms with Crippen molar-refractivity contribution >= 4 is 11.5 Å². The Kier molecular flexibility index (Phi) is 8.84. The van der Waals surface area contributed by atoms with Gasteiger partial charge in [0.2, 0.25) is 0 Å². The number of nitrogens with zero attached hydrogens (tertiary/aromatic N) is 1. The molecular formula is C18H35NO2. The minimum atomic E-state index is -0.203. The molecule has 0 heterocycles. The maximum Gasteiger partial charge on any atom is 0.138 e. The maximum atomic E-state index is 11.7. The second-order valence-corrected chi connectivity index (χ2v) is 8.20. The van der Waals surface area contributed by atoms with E-state index < -0.39 is 0 Å². The Morgan fingerprint density at radius 1 is 0.952 bits per heavy atom. The Morgan fingerprint density at radius 3 is 2.10 bits per heavy atom. The van der Waals surface area contributed by atoms with Gasteiger partial charge in [0, 0.05) is 11.8 Å². The number of hydrogen-bond donors (Lipinski definition) is 0. The van der Waals surface area contributed by atoms with Crippen LogP contribution < -0.4 is 0 Å². The number of carbonyl (C=O) groups excluding carboxylic acids is 1. The van der Waals surface area contributed by atoms with Gasteiger partial charge in [-0.3, -0.25) is 4.79 Å². The summed E-state index contributed by atoms with van der Waals surface area (Å²) in [4.78, 5) is 17.1. The van der Waals surface area contributed by atoms with E-state index in [1.54, 1.807) is 0 Å². The molecule has 0 N–H and O–H groups in total. The summed E-state index contributed by atoms with van der Waals surface area (Å²) >= 11 is 0. The fourth-order valence-electron chi connectivity index (χ4n) is 1.76. The maximum absolute atomic E-state index is 11.7. The van der Waals surface area contributed by atoms with Crippen LogP contribution in [0, 0.1) is 10.8 Å². The van der Waals surface area contributed by atoms with Gasteiger partial charge in [-0.25, -0.2) is 0 Å². The van der Waals surface area contributed by atoms with Gasteiger partial charge in [-0.2, -0.15) is 0 Å². The van der Waals surface area contributed by atoms with E-state index in [4.69, 9.17) is 4.84 Å². The molecule has 0 fully saturated rings. The Labute approximate surface area is 131 Å². The van der Waals surface area contributed by atoms with Crippen molar-refractivity contribution in [2.45, 2.75) is 87.0 Å². The Bertz CT molecular complexity index is 332. The van der Waals surface area contributed by atoms with Crippen molar-refractivity contribution in [2.24, 2.45) is 16.0 Å². The first kappa shape index (κ1) is 20.1. The quantitative estimate of drug-likeness (QED) is 0.325. The van der Waals surface area contributed by atoms with Gasteiger partial charge in [-0.1, -0.05) is 46.7 Å². The van der Waals surface area contributed by atoms with Gasteiger partial charge in [0.05, 0.1) is 5.71 Å². The molecule has 0 unspecified atom stereocenters. The van der Waals surface area contributed by atoms with E-state index in [-0.39, 0.29) is 5.41 Å². The van der Waals surface area contributed by atoms with Gasteiger partial charge in [-0.15, -0.1) is 0 Å². The van der Waals surface area contributed by atoms with Crippen LogP contribution in [0.4, 0.5) is 0 Å². The number of oxime groups is 1.